The number of primary amides is 1. The molecule has 5 rings (SSSR count). The third kappa shape index (κ3) is 6.04. The van der Waals surface area contributed by atoms with Crippen molar-refractivity contribution in [2.24, 2.45) is 5.73 Å². The maximum Gasteiger partial charge on any atom is 0.250 e. The standard InChI is InChI=1S/C30H32N4O4/c1-19(15-20-9-12-23(13-10-20)38-28-14-11-21(16-33-28)30(31)36)32-17-22(35)18-37-27-8-4-7-26-29(27)24-5-2-3-6-25(24)34-26/h2-3,5-6,8-14,16,19,22,32,34-35H,4,7,15,17-18H2,1H3,(H2,31,36)/t19-,22+/m1/s1. The molecule has 0 bridgehead atoms. The van der Waals surface area contributed by atoms with Crippen molar-refractivity contribution in [2.45, 2.75) is 38.3 Å². The summed E-state index contributed by atoms with van der Waals surface area (Å²) in [6.45, 7) is 2.75. The van der Waals surface area contributed by atoms with Crippen molar-refractivity contribution < 1.29 is 19.4 Å². The van der Waals surface area contributed by atoms with Gasteiger partial charge in [0.1, 0.15) is 24.2 Å². The molecule has 2 aromatic carbocycles. The molecule has 0 radical (unpaired) electrons. The van der Waals surface area contributed by atoms with Crippen LogP contribution in [0.3, 0.4) is 0 Å². The van der Waals surface area contributed by atoms with Crippen molar-refractivity contribution in [1.82, 2.24) is 15.3 Å². The van der Waals surface area contributed by atoms with E-state index in [4.69, 9.17) is 15.2 Å². The van der Waals surface area contributed by atoms with E-state index in [0.717, 1.165) is 47.1 Å². The number of aliphatic hydroxyl groups is 1. The van der Waals surface area contributed by atoms with E-state index in [2.05, 4.69) is 40.4 Å². The van der Waals surface area contributed by atoms with E-state index in [1.165, 1.54) is 11.9 Å². The highest BCUT2D eigenvalue weighted by molar-refractivity contribution is 5.93. The van der Waals surface area contributed by atoms with Crippen LogP contribution >= 0.6 is 0 Å². The topological polar surface area (TPSA) is 122 Å². The first kappa shape index (κ1) is 25.5. The predicted molar refractivity (Wildman–Crippen MR) is 147 cm³/mol. The number of H-pyrrole nitrogens is 1. The lowest BCUT2D eigenvalue weighted by Crippen LogP contribution is -2.37. The molecule has 0 fully saturated rings. The maximum atomic E-state index is 11.2. The van der Waals surface area contributed by atoms with Gasteiger partial charge in [-0.15, -0.1) is 0 Å². The van der Waals surface area contributed by atoms with Gasteiger partial charge in [0.2, 0.25) is 11.8 Å². The molecule has 0 saturated heterocycles. The van der Waals surface area contributed by atoms with Gasteiger partial charge in [-0.2, -0.15) is 0 Å². The number of allylic oxidation sites excluding steroid dienone is 1. The van der Waals surface area contributed by atoms with E-state index in [-0.39, 0.29) is 12.6 Å². The highest BCUT2D eigenvalue weighted by atomic mass is 16.5. The summed E-state index contributed by atoms with van der Waals surface area (Å²) < 4.78 is 11.8. The van der Waals surface area contributed by atoms with Gasteiger partial charge in [0.05, 0.1) is 5.56 Å². The molecular weight excluding hydrogens is 480 g/mol. The number of aromatic nitrogens is 2. The summed E-state index contributed by atoms with van der Waals surface area (Å²) in [5.41, 5.74) is 10.1. The van der Waals surface area contributed by atoms with Crippen molar-refractivity contribution in [1.29, 1.82) is 0 Å². The molecule has 2 heterocycles. The summed E-state index contributed by atoms with van der Waals surface area (Å²) in [7, 11) is 0. The Morgan fingerprint density at radius 1 is 1.16 bits per heavy atom. The molecule has 0 unspecified atom stereocenters. The second-order valence-corrected chi connectivity index (χ2v) is 9.60. The number of ether oxygens (including phenoxy) is 2. The molecule has 1 aliphatic carbocycles. The zero-order valence-electron chi connectivity index (χ0n) is 21.3. The Balaban J connectivity index is 1.07. The molecule has 8 nitrogen and oxygen atoms in total. The number of pyridine rings is 1. The molecular formula is C30H32N4O4. The van der Waals surface area contributed by atoms with E-state index in [0.29, 0.717) is 23.7 Å². The van der Waals surface area contributed by atoms with Gasteiger partial charge >= 0.3 is 0 Å². The van der Waals surface area contributed by atoms with E-state index in [9.17, 15) is 9.90 Å². The third-order valence-electron chi connectivity index (χ3n) is 6.60. The number of aromatic amines is 1. The lowest BCUT2D eigenvalue weighted by molar-refractivity contribution is 0.0904. The average Bonchev–Trinajstić information content (AvgIpc) is 3.31. The zero-order valence-corrected chi connectivity index (χ0v) is 21.3. The van der Waals surface area contributed by atoms with E-state index in [1.54, 1.807) is 12.1 Å². The monoisotopic (exact) mass is 512 g/mol. The second-order valence-electron chi connectivity index (χ2n) is 9.60. The SMILES string of the molecule is C[C@H](Cc1ccc(Oc2ccc(C(N)=O)cn2)cc1)NC[C@H](O)COC1=CCCc2[nH]c3ccccc3c21. The molecule has 0 spiro atoms. The van der Waals surface area contributed by atoms with Crippen molar-refractivity contribution >= 4 is 22.6 Å². The van der Waals surface area contributed by atoms with Crippen molar-refractivity contribution in [3.05, 3.63) is 95.3 Å². The van der Waals surface area contributed by atoms with Crippen LogP contribution in [-0.2, 0) is 17.6 Å². The van der Waals surface area contributed by atoms with Gasteiger partial charge in [-0.05, 0) is 62.1 Å². The van der Waals surface area contributed by atoms with Gasteiger partial charge in [-0.1, -0.05) is 30.3 Å². The number of rotatable bonds is 11. The molecule has 2 aromatic heterocycles. The number of fused-ring (bicyclic) bond motifs is 3. The van der Waals surface area contributed by atoms with Crippen molar-refractivity contribution in [3.63, 3.8) is 0 Å². The summed E-state index contributed by atoms with van der Waals surface area (Å²) >= 11 is 0. The summed E-state index contributed by atoms with van der Waals surface area (Å²) in [6, 6.07) is 19.4. The average molecular weight is 513 g/mol. The molecule has 2 atom stereocenters. The molecule has 1 aliphatic rings. The summed E-state index contributed by atoms with van der Waals surface area (Å²) in [6.07, 6.45) is 5.56. The second kappa shape index (κ2) is 11.5. The number of hydrogen-bond acceptors (Lipinski definition) is 6. The van der Waals surface area contributed by atoms with E-state index >= 15 is 0 Å². The number of nitrogens with two attached hydrogens (primary N) is 1. The number of carbonyl (C=O) groups is 1. The van der Waals surface area contributed by atoms with Crippen LogP contribution in [0.25, 0.3) is 16.7 Å². The van der Waals surface area contributed by atoms with Gasteiger partial charge in [0.25, 0.3) is 0 Å². The molecule has 4 aromatic rings. The number of aliphatic hydroxyl groups excluding tert-OH is 1. The van der Waals surface area contributed by atoms with Crippen LogP contribution < -0.4 is 15.8 Å². The number of carbonyl (C=O) groups excluding carboxylic acids is 1. The smallest absolute Gasteiger partial charge is 0.250 e. The van der Waals surface area contributed by atoms with Crippen LogP contribution in [0, 0.1) is 0 Å². The zero-order chi connectivity index (χ0) is 26.5. The lowest BCUT2D eigenvalue weighted by atomic mass is 10.0. The largest absolute Gasteiger partial charge is 0.490 e. The van der Waals surface area contributed by atoms with Crippen LogP contribution in [-0.4, -0.2) is 46.3 Å². The van der Waals surface area contributed by atoms with Gasteiger partial charge in [0.15, 0.2) is 0 Å². The number of para-hydroxylation sites is 1. The first-order chi connectivity index (χ1) is 18.5. The molecule has 1 amide bonds. The number of hydrogen-bond donors (Lipinski definition) is 4. The molecule has 38 heavy (non-hydrogen) atoms. The Morgan fingerprint density at radius 2 is 1.97 bits per heavy atom. The van der Waals surface area contributed by atoms with E-state index < -0.39 is 12.0 Å². The Morgan fingerprint density at radius 3 is 2.74 bits per heavy atom. The normalized spacial score (nSPS) is 14.4. The minimum atomic E-state index is -0.627. The minimum absolute atomic E-state index is 0.161. The number of benzene rings is 2. The number of amides is 1. The van der Waals surface area contributed by atoms with Gasteiger partial charge in [-0.3, -0.25) is 4.79 Å². The maximum absolute atomic E-state index is 11.2. The molecule has 0 saturated carbocycles. The first-order valence-corrected chi connectivity index (χ1v) is 12.8. The Labute approximate surface area is 221 Å². The van der Waals surface area contributed by atoms with Crippen molar-refractivity contribution in [2.75, 3.05) is 13.2 Å². The molecule has 196 valence electrons. The quantitative estimate of drug-likeness (QED) is 0.237. The van der Waals surface area contributed by atoms with Crippen LogP contribution in [0.15, 0.2) is 72.9 Å². The predicted octanol–water partition coefficient (Wildman–Crippen LogP) is 4.34. The van der Waals surface area contributed by atoms with Gasteiger partial charge in [0, 0.05) is 47.0 Å². The Hall–Kier alpha value is -4.14. The first-order valence-electron chi connectivity index (χ1n) is 12.8. The minimum Gasteiger partial charge on any atom is -0.490 e. The van der Waals surface area contributed by atoms with Crippen molar-refractivity contribution in [3.8, 4) is 11.6 Å². The van der Waals surface area contributed by atoms with Crippen LogP contribution in [0.5, 0.6) is 11.6 Å². The number of nitrogens with zero attached hydrogens (tertiary/aromatic N) is 1. The summed E-state index contributed by atoms with van der Waals surface area (Å²) in [5.74, 6) is 1.36. The van der Waals surface area contributed by atoms with Crippen LogP contribution in [0.1, 0.15) is 40.5 Å². The lowest BCUT2D eigenvalue weighted by Gasteiger charge is -2.20. The Kier molecular flexibility index (Phi) is 7.72. The fourth-order valence-corrected chi connectivity index (χ4v) is 4.66. The molecule has 8 heteroatoms. The third-order valence-corrected chi connectivity index (χ3v) is 6.60. The van der Waals surface area contributed by atoms with E-state index in [1.807, 2.05) is 36.4 Å². The highest BCUT2D eigenvalue weighted by Crippen LogP contribution is 2.34. The Bertz CT molecular complexity index is 1430. The fraction of sp³-hybridized carbons (Fsp3) is 0.267. The van der Waals surface area contributed by atoms with Gasteiger partial charge in [-0.25, -0.2) is 4.98 Å². The van der Waals surface area contributed by atoms with Crippen LogP contribution in [0.2, 0.25) is 0 Å². The van der Waals surface area contributed by atoms with Crippen LogP contribution in [0.4, 0.5) is 0 Å². The molecule has 0 aliphatic heterocycles. The number of aryl methyl sites for hydroxylation is 1. The number of nitrogens with one attached hydrogen (secondary N) is 2. The summed E-state index contributed by atoms with van der Waals surface area (Å²) in [5, 5.41) is 15.1. The molecule has 5 N–H and O–H groups in total. The highest BCUT2D eigenvalue weighted by Gasteiger charge is 2.20. The summed E-state index contributed by atoms with van der Waals surface area (Å²) in [4.78, 5) is 18.8. The fourth-order valence-electron chi connectivity index (χ4n) is 4.66. The van der Waals surface area contributed by atoms with Gasteiger partial charge < -0.3 is 30.6 Å².